The van der Waals surface area contributed by atoms with Gasteiger partial charge in [0.1, 0.15) is 18.1 Å². The first-order valence-electron chi connectivity index (χ1n) is 5.83. The molecule has 0 aliphatic carbocycles. The van der Waals surface area contributed by atoms with Gasteiger partial charge >= 0.3 is 0 Å². The summed E-state index contributed by atoms with van der Waals surface area (Å²) in [4.78, 5) is 0. The van der Waals surface area contributed by atoms with E-state index in [1.165, 1.54) is 5.56 Å². The van der Waals surface area contributed by atoms with E-state index in [9.17, 15) is 0 Å². The molecule has 0 saturated carbocycles. The molecule has 0 bridgehead atoms. The summed E-state index contributed by atoms with van der Waals surface area (Å²) in [5.74, 6) is 1.71. The average molecular weight is 386 g/mol. The average Bonchev–Trinajstić information content (AvgIpc) is 2.46. The fourth-order valence-electron chi connectivity index (χ4n) is 1.67. The minimum atomic E-state index is 0.528. The van der Waals surface area contributed by atoms with Gasteiger partial charge in [0.25, 0.3) is 0 Å². The molecule has 2 rings (SSSR count). The molecule has 4 heteroatoms. The summed E-state index contributed by atoms with van der Waals surface area (Å²) >= 11 is 6.96. The quantitative estimate of drug-likeness (QED) is 0.679. The highest BCUT2D eigenvalue weighted by atomic mass is 79.9. The highest BCUT2D eigenvalue weighted by Crippen LogP contribution is 2.25. The number of hydrogen-bond donors (Lipinski definition) is 0. The van der Waals surface area contributed by atoms with Gasteiger partial charge in [-0.2, -0.15) is 0 Å². The van der Waals surface area contributed by atoms with Gasteiger partial charge in [0.15, 0.2) is 0 Å². The van der Waals surface area contributed by atoms with Gasteiger partial charge in [-0.25, -0.2) is 0 Å². The zero-order chi connectivity index (χ0) is 13.7. The molecule has 100 valence electrons. The summed E-state index contributed by atoms with van der Waals surface area (Å²) in [5.41, 5.74) is 2.26. The standard InChI is InChI=1S/C15H14Br2O2/c1-18-13-4-2-3-11(7-13)10-19-14-5-6-15(17)12(8-14)9-16/h2-8H,9-10H2,1H3. The van der Waals surface area contributed by atoms with Crippen LogP contribution < -0.4 is 9.47 Å². The van der Waals surface area contributed by atoms with E-state index >= 15 is 0 Å². The lowest BCUT2D eigenvalue weighted by molar-refractivity contribution is 0.305. The summed E-state index contributed by atoms with van der Waals surface area (Å²) < 4.78 is 12.1. The molecule has 19 heavy (non-hydrogen) atoms. The Labute approximate surface area is 130 Å². The summed E-state index contributed by atoms with van der Waals surface area (Å²) in [6.07, 6.45) is 0. The normalized spacial score (nSPS) is 10.3. The number of methoxy groups -OCH3 is 1. The lowest BCUT2D eigenvalue weighted by Crippen LogP contribution is -1.96. The van der Waals surface area contributed by atoms with Crippen molar-refractivity contribution in [2.45, 2.75) is 11.9 Å². The lowest BCUT2D eigenvalue weighted by atomic mass is 10.2. The molecule has 0 spiro atoms. The van der Waals surface area contributed by atoms with Crippen LogP contribution >= 0.6 is 31.9 Å². The third-order valence-electron chi connectivity index (χ3n) is 2.70. The fourth-order valence-corrected chi connectivity index (χ4v) is 2.90. The van der Waals surface area contributed by atoms with Gasteiger partial charge in [-0.15, -0.1) is 0 Å². The van der Waals surface area contributed by atoms with Crippen LogP contribution in [0.4, 0.5) is 0 Å². The van der Waals surface area contributed by atoms with Crippen LogP contribution in [-0.2, 0) is 11.9 Å². The third kappa shape index (κ3) is 3.98. The molecule has 0 N–H and O–H groups in total. The van der Waals surface area contributed by atoms with E-state index in [-0.39, 0.29) is 0 Å². The van der Waals surface area contributed by atoms with Crippen LogP contribution in [-0.4, -0.2) is 7.11 Å². The Bertz CT molecular complexity index is 556. The molecule has 0 saturated heterocycles. The molecule has 0 heterocycles. The molecular weight excluding hydrogens is 372 g/mol. The minimum absolute atomic E-state index is 0.528. The number of alkyl halides is 1. The van der Waals surface area contributed by atoms with Crippen LogP contribution in [0.25, 0.3) is 0 Å². The van der Waals surface area contributed by atoms with E-state index in [1.54, 1.807) is 7.11 Å². The Morgan fingerprint density at radius 1 is 1.05 bits per heavy atom. The minimum Gasteiger partial charge on any atom is -0.497 e. The molecule has 2 aromatic rings. The predicted molar refractivity (Wildman–Crippen MR) is 84.1 cm³/mol. The highest BCUT2D eigenvalue weighted by molar-refractivity contribution is 9.10. The summed E-state index contributed by atoms with van der Waals surface area (Å²) in [6.45, 7) is 0.528. The van der Waals surface area contributed by atoms with Crippen LogP contribution in [0, 0.1) is 0 Å². The molecule has 0 radical (unpaired) electrons. The van der Waals surface area contributed by atoms with Crippen LogP contribution in [0.2, 0.25) is 0 Å². The van der Waals surface area contributed by atoms with Gasteiger partial charge < -0.3 is 9.47 Å². The monoisotopic (exact) mass is 384 g/mol. The molecular formula is C15H14Br2O2. The number of rotatable bonds is 5. The summed E-state index contributed by atoms with van der Waals surface area (Å²) in [7, 11) is 1.66. The molecule has 0 aromatic heterocycles. The van der Waals surface area contributed by atoms with Crippen molar-refractivity contribution in [1.29, 1.82) is 0 Å². The highest BCUT2D eigenvalue weighted by Gasteiger charge is 2.02. The Hall–Kier alpha value is -1.000. The Morgan fingerprint density at radius 2 is 1.89 bits per heavy atom. The summed E-state index contributed by atoms with van der Waals surface area (Å²) in [5, 5.41) is 0.796. The Morgan fingerprint density at radius 3 is 2.63 bits per heavy atom. The topological polar surface area (TPSA) is 18.5 Å². The second-order valence-electron chi connectivity index (χ2n) is 4.03. The van der Waals surface area contributed by atoms with Crippen LogP contribution in [0.3, 0.4) is 0 Å². The molecule has 0 amide bonds. The zero-order valence-corrected chi connectivity index (χ0v) is 13.7. The van der Waals surface area contributed by atoms with E-state index in [0.717, 1.165) is 26.9 Å². The Balaban J connectivity index is 2.05. The van der Waals surface area contributed by atoms with Gasteiger partial charge in [-0.05, 0) is 41.5 Å². The molecule has 0 aliphatic rings. The molecule has 0 atom stereocenters. The largest absolute Gasteiger partial charge is 0.497 e. The molecule has 0 fully saturated rings. The molecule has 2 nitrogen and oxygen atoms in total. The maximum atomic E-state index is 5.79. The van der Waals surface area contributed by atoms with Crippen molar-refractivity contribution in [3.05, 3.63) is 58.1 Å². The first-order valence-corrected chi connectivity index (χ1v) is 7.74. The number of ether oxygens (including phenoxy) is 2. The summed E-state index contributed by atoms with van der Waals surface area (Å²) in [6, 6.07) is 13.9. The van der Waals surface area contributed by atoms with Gasteiger partial charge in [-0.3, -0.25) is 0 Å². The zero-order valence-electron chi connectivity index (χ0n) is 10.5. The second-order valence-corrected chi connectivity index (χ2v) is 5.44. The van der Waals surface area contributed by atoms with E-state index in [2.05, 4.69) is 31.9 Å². The predicted octanol–water partition coefficient (Wildman–Crippen LogP) is 4.93. The molecule has 2 aromatic carbocycles. The van der Waals surface area contributed by atoms with E-state index in [4.69, 9.17) is 9.47 Å². The number of hydrogen-bond acceptors (Lipinski definition) is 2. The van der Waals surface area contributed by atoms with Crippen molar-refractivity contribution < 1.29 is 9.47 Å². The molecule has 0 aliphatic heterocycles. The van der Waals surface area contributed by atoms with Crippen LogP contribution in [0.5, 0.6) is 11.5 Å². The third-order valence-corrected chi connectivity index (χ3v) is 4.08. The fraction of sp³-hybridized carbons (Fsp3) is 0.200. The van der Waals surface area contributed by atoms with Gasteiger partial charge in [0, 0.05) is 9.80 Å². The van der Waals surface area contributed by atoms with Crippen molar-refractivity contribution in [2.24, 2.45) is 0 Å². The van der Waals surface area contributed by atoms with Crippen molar-refractivity contribution in [3.63, 3.8) is 0 Å². The van der Waals surface area contributed by atoms with E-state index in [0.29, 0.717) is 6.61 Å². The SMILES string of the molecule is COc1cccc(COc2ccc(Br)c(CBr)c2)c1. The van der Waals surface area contributed by atoms with Crippen LogP contribution in [0.1, 0.15) is 11.1 Å². The van der Waals surface area contributed by atoms with Crippen LogP contribution in [0.15, 0.2) is 46.9 Å². The maximum Gasteiger partial charge on any atom is 0.120 e. The molecule has 0 unspecified atom stereocenters. The first-order chi connectivity index (χ1) is 9.22. The number of halogens is 2. The first kappa shape index (κ1) is 14.4. The van der Waals surface area contributed by atoms with Crippen molar-refractivity contribution >= 4 is 31.9 Å². The number of benzene rings is 2. The van der Waals surface area contributed by atoms with Crippen molar-refractivity contribution in [2.75, 3.05) is 7.11 Å². The second kappa shape index (κ2) is 6.96. The Kier molecular flexibility index (Phi) is 5.28. The van der Waals surface area contributed by atoms with Gasteiger partial charge in [-0.1, -0.05) is 44.0 Å². The maximum absolute atomic E-state index is 5.79. The van der Waals surface area contributed by atoms with E-state index < -0.39 is 0 Å². The van der Waals surface area contributed by atoms with E-state index in [1.807, 2.05) is 42.5 Å². The van der Waals surface area contributed by atoms with Gasteiger partial charge in [0.05, 0.1) is 7.11 Å². The van der Waals surface area contributed by atoms with Crippen molar-refractivity contribution in [3.8, 4) is 11.5 Å². The van der Waals surface area contributed by atoms with Crippen molar-refractivity contribution in [1.82, 2.24) is 0 Å². The smallest absolute Gasteiger partial charge is 0.120 e. The lowest BCUT2D eigenvalue weighted by Gasteiger charge is -2.09. The van der Waals surface area contributed by atoms with Gasteiger partial charge in [0.2, 0.25) is 0 Å².